The molecule has 0 amide bonds. The monoisotopic (exact) mass is 290 g/mol. The van der Waals surface area contributed by atoms with Crippen molar-refractivity contribution in [3.8, 4) is 11.5 Å². The second-order valence-corrected chi connectivity index (χ2v) is 4.70. The molecule has 1 aliphatic heterocycles. The summed E-state index contributed by atoms with van der Waals surface area (Å²) in [5.74, 6) is 1.76. The fraction of sp³-hybridized carbons (Fsp3) is 0.250. The number of benzene rings is 2. The molecule has 2 aromatic carbocycles. The first-order chi connectivity index (χ1) is 9.42. The molecule has 1 heterocycles. The fourth-order valence-electron chi connectivity index (χ4n) is 2.31. The molecule has 0 saturated carbocycles. The maximum Gasteiger partial charge on any atom is 0.127 e. The minimum Gasteiger partial charge on any atom is -0.457 e. The van der Waals surface area contributed by atoms with Gasteiger partial charge in [-0.25, -0.2) is 0 Å². The number of para-hydroxylation sites is 1. The van der Waals surface area contributed by atoms with Gasteiger partial charge in [0.15, 0.2) is 0 Å². The van der Waals surface area contributed by atoms with Crippen LogP contribution < -0.4 is 15.4 Å². The van der Waals surface area contributed by atoms with Gasteiger partial charge in [-0.1, -0.05) is 30.3 Å². The number of hydrogen-bond donors (Lipinski definition) is 2. The third-order valence-electron chi connectivity index (χ3n) is 3.28. The molecule has 20 heavy (non-hydrogen) atoms. The normalized spacial score (nSPS) is 18.1. The third-order valence-corrected chi connectivity index (χ3v) is 3.28. The number of piperazine rings is 1. The Bertz CT molecular complexity index is 527. The van der Waals surface area contributed by atoms with E-state index < -0.39 is 0 Å². The Labute approximate surface area is 125 Å². The van der Waals surface area contributed by atoms with E-state index in [4.69, 9.17) is 4.74 Å². The number of hydrogen-bond acceptors (Lipinski definition) is 3. The van der Waals surface area contributed by atoms with E-state index in [1.54, 1.807) is 0 Å². The predicted molar refractivity (Wildman–Crippen MR) is 83.8 cm³/mol. The van der Waals surface area contributed by atoms with Gasteiger partial charge < -0.3 is 15.4 Å². The highest BCUT2D eigenvalue weighted by Crippen LogP contribution is 2.24. The summed E-state index contributed by atoms with van der Waals surface area (Å²) in [7, 11) is 0. The van der Waals surface area contributed by atoms with Crippen LogP contribution in [0.25, 0.3) is 0 Å². The Morgan fingerprint density at radius 3 is 2.45 bits per heavy atom. The van der Waals surface area contributed by atoms with E-state index in [1.165, 1.54) is 5.56 Å². The number of nitrogens with one attached hydrogen (secondary N) is 2. The molecule has 1 fully saturated rings. The van der Waals surface area contributed by atoms with Crippen molar-refractivity contribution < 1.29 is 4.74 Å². The third kappa shape index (κ3) is 3.73. The molecule has 3 nitrogen and oxygen atoms in total. The molecular formula is C16H19ClN2O. The summed E-state index contributed by atoms with van der Waals surface area (Å²) in [6.45, 7) is 3.01. The number of ether oxygens (including phenoxy) is 1. The Morgan fingerprint density at radius 1 is 0.900 bits per heavy atom. The van der Waals surface area contributed by atoms with Crippen LogP contribution in [0.1, 0.15) is 11.6 Å². The van der Waals surface area contributed by atoms with Crippen molar-refractivity contribution in [1.29, 1.82) is 0 Å². The molecule has 0 aliphatic carbocycles. The Hall–Kier alpha value is -1.55. The zero-order valence-electron chi connectivity index (χ0n) is 11.2. The average molecular weight is 291 g/mol. The van der Waals surface area contributed by atoms with Crippen molar-refractivity contribution in [3.63, 3.8) is 0 Å². The summed E-state index contributed by atoms with van der Waals surface area (Å²) in [6, 6.07) is 18.5. The highest BCUT2D eigenvalue weighted by molar-refractivity contribution is 5.85. The van der Waals surface area contributed by atoms with Crippen molar-refractivity contribution in [2.45, 2.75) is 6.04 Å². The van der Waals surface area contributed by atoms with Crippen LogP contribution in [0.15, 0.2) is 54.6 Å². The van der Waals surface area contributed by atoms with Crippen molar-refractivity contribution in [1.82, 2.24) is 10.6 Å². The van der Waals surface area contributed by atoms with E-state index in [0.717, 1.165) is 31.1 Å². The molecule has 0 spiro atoms. The van der Waals surface area contributed by atoms with Crippen molar-refractivity contribution in [3.05, 3.63) is 60.2 Å². The predicted octanol–water partition coefficient (Wildman–Crippen LogP) is 3.13. The molecule has 2 aromatic rings. The number of halogens is 1. The second-order valence-electron chi connectivity index (χ2n) is 4.70. The molecular weight excluding hydrogens is 272 g/mol. The molecule has 3 rings (SSSR count). The summed E-state index contributed by atoms with van der Waals surface area (Å²) in [6.07, 6.45) is 0. The Morgan fingerprint density at radius 2 is 1.70 bits per heavy atom. The van der Waals surface area contributed by atoms with E-state index in [-0.39, 0.29) is 12.4 Å². The van der Waals surface area contributed by atoms with Gasteiger partial charge in [0, 0.05) is 25.7 Å². The van der Waals surface area contributed by atoms with Crippen LogP contribution in [-0.4, -0.2) is 19.6 Å². The highest BCUT2D eigenvalue weighted by Gasteiger charge is 2.14. The van der Waals surface area contributed by atoms with Gasteiger partial charge >= 0.3 is 0 Å². The average Bonchev–Trinajstić information content (AvgIpc) is 2.49. The van der Waals surface area contributed by atoms with Crippen LogP contribution in [0.2, 0.25) is 0 Å². The lowest BCUT2D eigenvalue weighted by atomic mass is 10.1. The highest BCUT2D eigenvalue weighted by atomic mass is 35.5. The van der Waals surface area contributed by atoms with E-state index >= 15 is 0 Å². The van der Waals surface area contributed by atoms with Crippen molar-refractivity contribution >= 4 is 12.4 Å². The standard InChI is InChI=1S/C16H18N2O.ClH/c1-2-6-14(7-3-1)19-15-8-4-5-13(11-15)16-12-17-9-10-18-16;/h1-8,11,16-18H,9-10,12H2;1H/t16-;/m0./s1. The van der Waals surface area contributed by atoms with Gasteiger partial charge in [-0.15, -0.1) is 12.4 Å². The molecule has 1 atom stereocenters. The molecule has 2 N–H and O–H groups in total. The summed E-state index contributed by atoms with van der Waals surface area (Å²) in [5, 5.41) is 6.91. The second kappa shape index (κ2) is 7.29. The van der Waals surface area contributed by atoms with Crippen LogP contribution in [0.4, 0.5) is 0 Å². The molecule has 1 saturated heterocycles. The van der Waals surface area contributed by atoms with Crippen LogP contribution in [-0.2, 0) is 0 Å². The molecule has 0 radical (unpaired) electrons. The van der Waals surface area contributed by atoms with Crippen LogP contribution in [0, 0.1) is 0 Å². The minimum atomic E-state index is 0. The number of rotatable bonds is 3. The van der Waals surface area contributed by atoms with E-state index in [9.17, 15) is 0 Å². The summed E-state index contributed by atoms with van der Waals surface area (Å²) in [4.78, 5) is 0. The Kier molecular flexibility index (Phi) is 5.41. The first-order valence-electron chi connectivity index (χ1n) is 6.69. The zero-order valence-corrected chi connectivity index (χ0v) is 12.0. The summed E-state index contributed by atoms with van der Waals surface area (Å²) in [5.41, 5.74) is 1.26. The minimum absolute atomic E-state index is 0. The van der Waals surface area contributed by atoms with E-state index in [1.807, 2.05) is 42.5 Å². The summed E-state index contributed by atoms with van der Waals surface area (Å²) >= 11 is 0. The SMILES string of the molecule is Cl.c1ccc(Oc2cccc([C@@H]3CNCCN3)c2)cc1. The van der Waals surface area contributed by atoms with Gasteiger partial charge in [-0.3, -0.25) is 0 Å². The van der Waals surface area contributed by atoms with Crippen molar-refractivity contribution in [2.75, 3.05) is 19.6 Å². The van der Waals surface area contributed by atoms with Gasteiger partial charge in [-0.2, -0.15) is 0 Å². The first-order valence-corrected chi connectivity index (χ1v) is 6.69. The maximum atomic E-state index is 5.86. The maximum absolute atomic E-state index is 5.86. The topological polar surface area (TPSA) is 33.3 Å². The fourth-order valence-corrected chi connectivity index (χ4v) is 2.31. The van der Waals surface area contributed by atoms with Gasteiger partial charge in [0.2, 0.25) is 0 Å². The lowest BCUT2D eigenvalue weighted by molar-refractivity contribution is 0.427. The molecule has 0 aromatic heterocycles. The Balaban J connectivity index is 0.00000147. The molecule has 4 heteroatoms. The van der Waals surface area contributed by atoms with Crippen LogP contribution in [0.3, 0.4) is 0 Å². The molecule has 1 aliphatic rings. The van der Waals surface area contributed by atoms with E-state index in [2.05, 4.69) is 22.8 Å². The first kappa shape index (κ1) is 14.9. The lowest BCUT2D eigenvalue weighted by Crippen LogP contribution is -2.42. The lowest BCUT2D eigenvalue weighted by Gasteiger charge is -2.25. The van der Waals surface area contributed by atoms with Gasteiger partial charge in [0.1, 0.15) is 11.5 Å². The van der Waals surface area contributed by atoms with Crippen LogP contribution >= 0.6 is 12.4 Å². The largest absolute Gasteiger partial charge is 0.457 e. The zero-order chi connectivity index (χ0) is 12.9. The molecule has 0 bridgehead atoms. The van der Waals surface area contributed by atoms with Crippen LogP contribution in [0.5, 0.6) is 11.5 Å². The quantitative estimate of drug-likeness (QED) is 0.911. The van der Waals surface area contributed by atoms with Gasteiger partial charge in [-0.05, 0) is 29.8 Å². The molecule has 106 valence electrons. The molecule has 0 unspecified atom stereocenters. The summed E-state index contributed by atoms with van der Waals surface area (Å²) < 4.78 is 5.86. The van der Waals surface area contributed by atoms with E-state index in [0.29, 0.717) is 6.04 Å². The van der Waals surface area contributed by atoms with Crippen molar-refractivity contribution in [2.24, 2.45) is 0 Å². The smallest absolute Gasteiger partial charge is 0.127 e. The van der Waals surface area contributed by atoms with Gasteiger partial charge in [0.05, 0.1) is 0 Å². The van der Waals surface area contributed by atoms with Gasteiger partial charge in [0.25, 0.3) is 0 Å².